The number of ether oxygens (including phenoxy) is 1. The molecule has 0 aromatic rings. The van der Waals surface area contributed by atoms with Gasteiger partial charge < -0.3 is 19.9 Å². The van der Waals surface area contributed by atoms with Crippen LogP contribution in [0.15, 0.2) is 4.99 Å². The predicted molar refractivity (Wildman–Crippen MR) is 120 cm³/mol. The van der Waals surface area contributed by atoms with Gasteiger partial charge in [-0.3, -0.25) is 4.99 Å². The Morgan fingerprint density at radius 2 is 1.93 bits per heavy atom. The normalized spacial score (nSPS) is 38.1. The van der Waals surface area contributed by atoms with Crippen molar-refractivity contribution in [1.29, 1.82) is 0 Å². The molecule has 2 aliphatic carbocycles. The van der Waals surface area contributed by atoms with Crippen LogP contribution in [0.5, 0.6) is 0 Å². The molecule has 5 aliphatic rings. The maximum Gasteiger partial charge on any atom is 0.193 e. The van der Waals surface area contributed by atoms with Crippen molar-refractivity contribution in [3.05, 3.63) is 0 Å². The first-order valence-electron chi connectivity index (χ1n) is 11.1. The number of rotatable bonds is 3. The van der Waals surface area contributed by atoms with Crippen molar-refractivity contribution in [2.45, 2.75) is 63.5 Å². The van der Waals surface area contributed by atoms with Crippen molar-refractivity contribution in [3.8, 4) is 0 Å². The van der Waals surface area contributed by atoms with E-state index < -0.39 is 0 Å². The Labute approximate surface area is 181 Å². The third kappa shape index (κ3) is 3.52. The highest BCUT2D eigenvalue weighted by Crippen LogP contribution is 2.62. The SMILES string of the molecule is CN=C(NC1C2CCOC2C12CCC2)N1CCC(CN2CCCCC2)C1.I. The zero-order valence-electron chi connectivity index (χ0n) is 16.9. The molecule has 1 N–H and O–H groups in total. The van der Waals surface area contributed by atoms with E-state index in [1.165, 1.54) is 84.1 Å². The van der Waals surface area contributed by atoms with E-state index in [0.717, 1.165) is 24.4 Å². The van der Waals surface area contributed by atoms with E-state index in [1.807, 2.05) is 7.05 Å². The topological polar surface area (TPSA) is 40.1 Å². The summed E-state index contributed by atoms with van der Waals surface area (Å²) in [6.07, 6.45) is 11.4. The summed E-state index contributed by atoms with van der Waals surface area (Å²) < 4.78 is 6.08. The van der Waals surface area contributed by atoms with E-state index in [1.54, 1.807) is 0 Å². The predicted octanol–water partition coefficient (Wildman–Crippen LogP) is 2.95. The Kier molecular flexibility index (Phi) is 6.24. The average molecular weight is 488 g/mol. The zero-order valence-corrected chi connectivity index (χ0v) is 19.2. The highest BCUT2D eigenvalue weighted by atomic mass is 127. The van der Waals surface area contributed by atoms with Gasteiger partial charge in [-0.05, 0) is 57.5 Å². The molecular weight excluding hydrogens is 451 g/mol. The van der Waals surface area contributed by atoms with Crippen LogP contribution in [0.25, 0.3) is 0 Å². The molecule has 6 heteroatoms. The summed E-state index contributed by atoms with van der Waals surface area (Å²) in [7, 11) is 1.97. The maximum atomic E-state index is 6.08. The summed E-state index contributed by atoms with van der Waals surface area (Å²) in [5.74, 6) is 2.69. The van der Waals surface area contributed by atoms with Gasteiger partial charge in [0.25, 0.3) is 0 Å². The number of halogens is 1. The largest absolute Gasteiger partial charge is 0.377 e. The number of nitrogens with zero attached hydrogens (tertiary/aromatic N) is 3. The summed E-state index contributed by atoms with van der Waals surface area (Å²) in [6, 6.07) is 0.601. The number of aliphatic imine (C=N–C) groups is 1. The molecule has 4 unspecified atom stereocenters. The monoisotopic (exact) mass is 488 g/mol. The van der Waals surface area contributed by atoms with Crippen LogP contribution in [-0.2, 0) is 4.74 Å². The highest BCUT2D eigenvalue weighted by molar-refractivity contribution is 14.0. The molecule has 0 bridgehead atoms. The van der Waals surface area contributed by atoms with Crippen LogP contribution in [0.1, 0.15) is 51.4 Å². The first-order chi connectivity index (χ1) is 12.8. The molecule has 27 heavy (non-hydrogen) atoms. The summed E-state index contributed by atoms with van der Waals surface area (Å²) in [4.78, 5) is 9.92. The smallest absolute Gasteiger partial charge is 0.193 e. The molecule has 0 aromatic carbocycles. The molecule has 3 aliphatic heterocycles. The lowest BCUT2D eigenvalue weighted by atomic mass is 9.46. The highest BCUT2D eigenvalue weighted by Gasteiger charge is 2.66. The van der Waals surface area contributed by atoms with E-state index in [0.29, 0.717) is 17.6 Å². The number of guanidine groups is 1. The van der Waals surface area contributed by atoms with E-state index >= 15 is 0 Å². The second kappa shape index (κ2) is 8.34. The molecule has 0 aromatic heterocycles. The fourth-order valence-electron chi connectivity index (χ4n) is 6.57. The number of fused-ring (bicyclic) bond motifs is 2. The zero-order chi connectivity index (χ0) is 17.6. The summed E-state index contributed by atoms with van der Waals surface area (Å²) in [5.41, 5.74) is 0.435. The molecule has 1 spiro atoms. The van der Waals surface area contributed by atoms with Crippen LogP contribution < -0.4 is 5.32 Å². The lowest BCUT2D eigenvalue weighted by Gasteiger charge is -2.63. The van der Waals surface area contributed by atoms with Gasteiger partial charge in [0.15, 0.2) is 5.96 Å². The number of hydrogen-bond donors (Lipinski definition) is 1. The first-order valence-corrected chi connectivity index (χ1v) is 11.1. The molecule has 0 amide bonds. The summed E-state index contributed by atoms with van der Waals surface area (Å²) in [5, 5.41) is 3.92. The van der Waals surface area contributed by atoms with Gasteiger partial charge in [-0.15, -0.1) is 24.0 Å². The summed E-state index contributed by atoms with van der Waals surface area (Å²) in [6.45, 7) is 7.24. The number of hydrogen-bond acceptors (Lipinski definition) is 3. The van der Waals surface area contributed by atoms with Crippen LogP contribution in [0.2, 0.25) is 0 Å². The van der Waals surface area contributed by atoms with Crippen LogP contribution in [0.3, 0.4) is 0 Å². The van der Waals surface area contributed by atoms with Crippen LogP contribution in [0.4, 0.5) is 0 Å². The minimum Gasteiger partial charge on any atom is -0.377 e. The Hall–Kier alpha value is -0.0800. The Bertz CT molecular complexity index is 546. The van der Waals surface area contributed by atoms with Crippen molar-refractivity contribution in [2.24, 2.45) is 22.2 Å². The number of nitrogens with one attached hydrogen (secondary N) is 1. The Morgan fingerprint density at radius 3 is 2.63 bits per heavy atom. The Morgan fingerprint density at radius 1 is 1.11 bits per heavy atom. The van der Waals surface area contributed by atoms with Crippen molar-refractivity contribution in [3.63, 3.8) is 0 Å². The maximum absolute atomic E-state index is 6.08. The molecule has 5 fully saturated rings. The molecule has 2 saturated carbocycles. The molecule has 0 radical (unpaired) electrons. The second-order valence-corrected chi connectivity index (χ2v) is 9.46. The van der Waals surface area contributed by atoms with Gasteiger partial charge in [0.2, 0.25) is 0 Å². The molecule has 154 valence electrons. The second-order valence-electron chi connectivity index (χ2n) is 9.46. The molecule has 4 atom stereocenters. The van der Waals surface area contributed by atoms with Crippen molar-refractivity contribution in [1.82, 2.24) is 15.1 Å². The van der Waals surface area contributed by atoms with Gasteiger partial charge in [-0.25, -0.2) is 0 Å². The quantitative estimate of drug-likeness (QED) is 0.377. The Balaban J connectivity index is 0.00000180. The van der Waals surface area contributed by atoms with E-state index in [4.69, 9.17) is 4.74 Å². The molecule has 5 nitrogen and oxygen atoms in total. The fourth-order valence-corrected chi connectivity index (χ4v) is 6.57. The standard InChI is InChI=1S/C21H36N4O.HI/c1-22-20(23-18-17-7-13-26-19(17)21(18)8-5-9-21)25-12-6-16(15-25)14-24-10-3-2-4-11-24;/h16-19H,2-15H2,1H3,(H,22,23);1H. The first kappa shape index (κ1) is 20.2. The van der Waals surface area contributed by atoms with Crippen LogP contribution >= 0.6 is 24.0 Å². The van der Waals surface area contributed by atoms with Gasteiger partial charge in [-0.2, -0.15) is 0 Å². The third-order valence-corrected chi connectivity index (χ3v) is 8.08. The van der Waals surface area contributed by atoms with Crippen LogP contribution in [-0.4, -0.2) is 74.3 Å². The lowest BCUT2D eigenvalue weighted by molar-refractivity contribution is -0.171. The average Bonchev–Trinajstić information content (AvgIpc) is 3.24. The fraction of sp³-hybridized carbons (Fsp3) is 0.952. The van der Waals surface area contributed by atoms with Crippen molar-refractivity contribution < 1.29 is 4.74 Å². The molecule has 3 saturated heterocycles. The number of likely N-dealkylation sites (tertiary alicyclic amines) is 2. The van der Waals surface area contributed by atoms with Crippen molar-refractivity contribution in [2.75, 3.05) is 46.4 Å². The van der Waals surface area contributed by atoms with Crippen molar-refractivity contribution >= 4 is 29.9 Å². The van der Waals surface area contributed by atoms with Gasteiger partial charge in [0.1, 0.15) is 0 Å². The van der Waals surface area contributed by atoms with E-state index in [2.05, 4.69) is 20.1 Å². The molecule has 5 rings (SSSR count). The third-order valence-electron chi connectivity index (χ3n) is 8.08. The summed E-state index contributed by atoms with van der Waals surface area (Å²) >= 11 is 0. The molecule has 3 heterocycles. The van der Waals surface area contributed by atoms with E-state index in [-0.39, 0.29) is 24.0 Å². The molecular formula is C21H37IN4O. The number of piperidine rings is 1. The minimum atomic E-state index is 0. The van der Waals surface area contributed by atoms with Gasteiger partial charge in [-0.1, -0.05) is 12.8 Å². The van der Waals surface area contributed by atoms with Gasteiger partial charge in [0, 0.05) is 50.7 Å². The van der Waals surface area contributed by atoms with Gasteiger partial charge >= 0.3 is 0 Å². The van der Waals surface area contributed by atoms with Crippen LogP contribution in [0, 0.1) is 17.3 Å². The lowest BCUT2D eigenvalue weighted by Crippen LogP contribution is -2.72. The van der Waals surface area contributed by atoms with E-state index in [9.17, 15) is 0 Å². The minimum absolute atomic E-state index is 0. The van der Waals surface area contributed by atoms with Gasteiger partial charge in [0.05, 0.1) is 6.10 Å².